The average molecular weight is 250 g/mol. The minimum Gasteiger partial charge on any atom is -0.315 e. The summed E-state index contributed by atoms with van der Waals surface area (Å²) in [7, 11) is 0. The van der Waals surface area contributed by atoms with E-state index in [1.165, 1.54) is 26.0 Å². The Morgan fingerprint density at radius 2 is 2.19 bits per heavy atom. The highest BCUT2D eigenvalue weighted by atomic mass is 32.1. The molecule has 4 heteroatoms. The highest BCUT2D eigenvalue weighted by molar-refractivity contribution is 7.21. The minimum atomic E-state index is 0.700. The topological polar surface area (TPSA) is 24.9 Å². The van der Waals surface area contributed by atoms with Crippen molar-refractivity contribution in [3.63, 3.8) is 0 Å². The second-order valence-corrected chi connectivity index (χ2v) is 6.20. The molecule has 0 amide bonds. The average Bonchev–Trinajstić information content (AvgIpc) is 2.71. The van der Waals surface area contributed by atoms with Crippen molar-refractivity contribution in [2.75, 3.05) is 13.1 Å². The van der Waals surface area contributed by atoms with Crippen LogP contribution in [0.1, 0.15) is 22.1 Å². The first-order valence-corrected chi connectivity index (χ1v) is 7.18. The Kier molecular flexibility index (Phi) is 2.58. The first-order chi connectivity index (χ1) is 7.75. The number of rotatable bonds is 2. The lowest BCUT2D eigenvalue weighted by molar-refractivity contribution is 0.452. The molecule has 2 aromatic heterocycles. The van der Waals surface area contributed by atoms with Crippen LogP contribution in [0.3, 0.4) is 0 Å². The predicted molar refractivity (Wildman–Crippen MR) is 70.5 cm³/mol. The minimum absolute atomic E-state index is 0.700. The van der Waals surface area contributed by atoms with E-state index in [1.54, 1.807) is 11.3 Å². The van der Waals surface area contributed by atoms with Gasteiger partial charge in [-0.3, -0.25) is 0 Å². The molecule has 3 heterocycles. The largest absolute Gasteiger partial charge is 0.315 e. The van der Waals surface area contributed by atoms with Crippen LogP contribution in [0.2, 0.25) is 0 Å². The van der Waals surface area contributed by atoms with Crippen LogP contribution >= 0.6 is 22.7 Å². The summed E-state index contributed by atoms with van der Waals surface area (Å²) in [6.45, 7) is 6.53. The van der Waals surface area contributed by atoms with Gasteiger partial charge in [-0.2, -0.15) is 0 Å². The Hall–Kier alpha value is -0.710. The highest BCUT2D eigenvalue weighted by Crippen LogP contribution is 2.37. The predicted octanol–water partition coefficient (Wildman–Crippen LogP) is 3.18. The van der Waals surface area contributed by atoms with Gasteiger partial charge in [0.25, 0.3) is 0 Å². The van der Waals surface area contributed by atoms with Crippen LogP contribution in [0, 0.1) is 13.8 Å². The summed E-state index contributed by atoms with van der Waals surface area (Å²) in [5, 5.41) is 6.67. The van der Waals surface area contributed by atoms with Crippen LogP contribution in [0.4, 0.5) is 0 Å². The number of hydrogen-bond donors (Lipinski definition) is 1. The van der Waals surface area contributed by atoms with Crippen LogP contribution in [-0.2, 0) is 0 Å². The molecular formula is C12H14N2S2. The molecule has 1 fully saturated rings. The zero-order valence-electron chi connectivity index (χ0n) is 9.41. The van der Waals surface area contributed by atoms with Crippen LogP contribution < -0.4 is 5.32 Å². The molecule has 2 aromatic rings. The molecule has 0 atom stereocenters. The van der Waals surface area contributed by atoms with Crippen molar-refractivity contribution in [2.45, 2.75) is 19.8 Å². The number of aromatic nitrogens is 1. The van der Waals surface area contributed by atoms with E-state index in [0.717, 1.165) is 13.1 Å². The maximum absolute atomic E-state index is 4.72. The lowest BCUT2D eigenvalue weighted by Crippen LogP contribution is -2.39. The zero-order chi connectivity index (χ0) is 11.1. The van der Waals surface area contributed by atoms with Gasteiger partial charge < -0.3 is 5.32 Å². The van der Waals surface area contributed by atoms with E-state index in [-0.39, 0.29) is 0 Å². The zero-order valence-corrected chi connectivity index (χ0v) is 11.0. The third kappa shape index (κ3) is 1.61. The van der Waals surface area contributed by atoms with Gasteiger partial charge in [0.15, 0.2) is 0 Å². The molecule has 0 radical (unpaired) electrons. The Morgan fingerprint density at radius 1 is 1.38 bits per heavy atom. The van der Waals surface area contributed by atoms with Gasteiger partial charge in [0.05, 0.1) is 10.6 Å². The fourth-order valence-electron chi connectivity index (χ4n) is 1.95. The van der Waals surface area contributed by atoms with E-state index in [0.29, 0.717) is 5.92 Å². The molecule has 2 nitrogen and oxygen atoms in total. The molecule has 3 rings (SSSR count). The molecule has 0 aromatic carbocycles. The molecule has 1 saturated heterocycles. The van der Waals surface area contributed by atoms with Gasteiger partial charge in [-0.25, -0.2) is 4.98 Å². The van der Waals surface area contributed by atoms with Crippen LogP contribution in [0.15, 0.2) is 11.4 Å². The fraction of sp³-hybridized carbons (Fsp3) is 0.417. The van der Waals surface area contributed by atoms with E-state index >= 15 is 0 Å². The summed E-state index contributed by atoms with van der Waals surface area (Å²) in [4.78, 5) is 7.53. The van der Waals surface area contributed by atoms with E-state index in [2.05, 4.69) is 30.6 Å². The quantitative estimate of drug-likeness (QED) is 0.885. The third-order valence-electron chi connectivity index (χ3n) is 3.04. The fourth-order valence-corrected chi connectivity index (χ4v) is 4.20. The van der Waals surface area contributed by atoms with E-state index < -0.39 is 0 Å². The van der Waals surface area contributed by atoms with E-state index in [1.807, 2.05) is 11.3 Å². The van der Waals surface area contributed by atoms with E-state index in [9.17, 15) is 0 Å². The van der Waals surface area contributed by atoms with Crippen LogP contribution in [0.25, 0.3) is 9.88 Å². The summed E-state index contributed by atoms with van der Waals surface area (Å²) in [6.07, 6.45) is 0. The number of thiazole rings is 1. The Bertz CT molecular complexity index is 509. The molecule has 84 valence electrons. The van der Waals surface area contributed by atoms with Gasteiger partial charge in [0, 0.05) is 23.9 Å². The number of nitrogens with zero attached hydrogens (tertiary/aromatic N) is 1. The molecule has 1 N–H and O–H groups in total. The first-order valence-electron chi connectivity index (χ1n) is 5.48. The van der Waals surface area contributed by atoms with Gasteiger partial charge in [-0.05, 0) is 30.9 Å². The van der Waals surface area contributed by atoms with Crippen LogP contribution in [-0.4, -0.2) is 18.1 Å². The van der Waals surface area contributed by atoms with Gasteiger partial charge in [0.1, 0.15) is 5.01 Å². The monoisotopic (exact) mass is 250 g/mol. The van der Waals surface area contributed by atoms with Crippen molar-refractivity contribution in [2.24, 2.45) is 0 Å². The number of hydrogen-bond acceptors (Lipinski definition) is 4. The van der Waals surface area contributed by atoms with Crippen molar-refractivity contribution in [3.8, 4) is 9.88 Å². The van der Waals surface area contributed by atoms with Gasteiger partial charge in [0.2, 0.25) is 0 Å². The second kappa shape index (κ2) is 3.95. The maximum atomic E-state index is 4.72. The normalized spacial score (nSPS) is 16.4. The molecule has 0 saturated carbocycles. The standard InChI is InChI=1S/C12H14N2S2/c1-7-3-4-15-10(7)12-14-8(2)11(16-12)9-5-13-6-9/h3-4,9,13H,5-6H2,1-2H3. The second-order valence-electron chi connectivity index (χ2n) is 4.26. The van der Waals surface area contributed by atoms with Crippen molar-refractivity contribution >= 4 is 22.7 Å². The Balaban J connectivity index is 2.00. The SMILES string of the molecule is Cc1ccsc1-c1nc(C)c(C2CNC2)s1. The summed E-state index contributed by atoms with van der Waals surface area (Å²) < 4.78 is 0. The van der Waals surface area contributed by atoms with Crippen LogP contribution in [0.5, 0.6) is 0 Å². The van der Waals surface area contributed by atoms with Gasteiger partial charge in [-0.1, -0.05) is 0 Å². The Labute approximate surface area is 103 Å². The molecule has 0 aliphatic carbocycles. The summed E-state index contributed by atoms with van der Waals surface area (Å²) >= 11 is 3.67. The molecule has 0 bridgehead atoms. The highest BCUT2D eigenvalue weighted by Gasteiger charge is 2.24. The molecule has 0 spiro atoms. The maximum Gasteiger partial charge on any atom is 0.134 e. The molecular weight excluding hydrogens is 236 g/mol. The summed E-state index contributed by atoms with van der Waals surface area (Å²) in [5.74, 6) is 0.700. The van der Waals surface area contributed by atoms with Crippen molar-refractivity contribution < 1.29 is 0 Å². The van der Waals surface area contributed by atoms with Crippen molar-refractivity contribution in [3.05, 3.63) is 27.6 Å². The van der Waals surface area contributed by atoms with Gasteiger partial charge >= 0.3 is 0 Å². The van der Waals surface area contributed by atoms with Gasteiger partial charge in [-0.15, -0.1) is 22.7 Å². The van der Waals surface area contributed by atoms with E-state index in [4.69, 9.17) is 4.98 Å². The lowest BCUT2D eigenvalue weighted by Gasteiger charge is -2.26. The molecule has 0 unspecified atom stereocenters. The van der Waals surface area contributed by atoms with Crippen molar-refractivity contribution in [1.29, 1.82) is 0 Å². The first kappa shape index (κ1) is 10.4. The Morgan fingerprint density at radius 3 is 2.75 bits per heavy atom. The summed E-state index contributed by atoms with van der Waals surface area (Å²) in [5.41, 5.74) is 2.57. The number of thiophene rings is 1. The summed E-state index contributed by atoms with van der Waals surface area (Å²) in [6, 6.07) is 2.17. The number of aryl methyl sites for hydroxylation is 2. The molecule has 16 heavy (non-hydrogen) atoms. The molecule has 1 aliphatic heterocycles. The lowest BCUT2D eigenvalue weighted by atomic mass is 10.0. The number of nitrogens with one attached hydrogen (secondary N) is 1. The molecule has 1 aliphatic rings. The van der Waals surface area contributed by atoms with Crippen molar-refractivity contribution in [1.82, 2.24) is 10.3 Å². The smallest absolute Gasteiger partial charge is 0.134 e. The third-order valence-corrected chi connectivity index (χ3v) is 5.53.